The lowest BCUT2D eigenvalue weighted by Crippen LogP contribution is -2.04. The molecule has 0 N–H and O–H groups in total. The highest BCUT2D eigenvalue weighted by Crippen LogP contribution is 2.18. The van der Waals surface area contributed by atoms with E-state index in [9.17, 15) is 4.79 Å². The van der Waals surface area contributed by atoms with Gasteiger partial charge in [0.2, 0.25) is 0 Å². The molecule has 0 saturated heterocycles. The summed E-state index contributed by atoms with van der Waals surface area (Å²) in [4.78, 5) is 15.8. The molecule has 0 fully saturated rings. The van der Waals surface area contributed by atoms with Crippen molar-refractivity contribution in [2.24, 2.45) is 0 Å². The van der Waals surface area contributed by atoms with E-state index in [1.807, 2.05) is 18.2 Å². The molecular weight excluding hydrogens is 257 g/mol. The lowest BCUT2D eigenvalue weighted by molar-refractivity contribution is 0.0993. The molecule has 1 heterocycles. The number of hydrogen-bond acceptors (Lipinski definition) is 2. The quantitative estimate of drug-likeness (QED) is 0.624. The van der Waals surface area contributed by atoms with Gasteiger partial charge in [-0.1, -0.05) is 59.6 Å². The summed E-state index contributed by atoms with van der Waals surface area (Å²) in [6, 6.07) is 12.4. The first kappa shape index (κ1) is 12.1. The van der Waals surface area contributed by atoms with Crippen LogP contribution in [0.25, 0.3) is 0 Å². The fourth-order valence-electron chi connectivity index (χ4n) is 1.47. The smallest absolute Gasteiger partial charge is 0.167 e. The Morgan fingerprint density at radius 3 is 2.41 bits per heavy atom. The molecule has 4 heteroatoms. The topological polar surface area (TPSA) is 30.0 Å². The van der Waals surface area contributed by atoms with Gasteiger partial charge in [-0.25, -0.2) is 4.98 Å². The number of hydrogen-bond donors (Lipinski definition) is 0. The SMILES string of the molecule is O=C(Cc1ccc(Cl)nc1Cl)c1ccccc1. The van der Waals surface area contributed by atoms with E-state index in [0.29, 0.717) is 16.3 Å². The van der Waals surface area contributed by atoms with Crippen LogP contribution in [0.3, 0.4) is 0 Å². The van der Waals surface area contributed by atoms with Gasteiger partial charge < -0.3 is 0 Å². The van der Waals surface area contributed by atoms with Gasteiger partial charge in [0.15, 0.2) is 5.78 Å². The van der Waals surface area contributed by atoms with Gasteiger partial charge in [-0.05, 0) is 11.6 Å². The third kappa shape index (κ3) is 3.05. The third-order valence-corrected chi connectivity index (χ3v) is 2.88. The first-order chi connectivity index (χ1) is 8.16. The number of Topliss-reactive ketones (excluding diaryl/α,β-unsaturated/α-hetero) is 1. The number of rotatable bonds is 3. The molecule has 0 bridgehead atoms. The Labute approximate surface area is 109 Å². The Morgan fingerprint density at radius 2 is 1.76 bits per heavy atom. The number of carbonyl (C=O) groups is 1. The van der Waals surface area contributed by atoms with Crippen molar-refractivity contribution in [1.29, 1.82) is 0 Å². The molecule has 17 heavy (non-hydrogen) atoms. The van der Waals surface area contributed by atoms with Gasteiger partial charge in [-0.3, -0.25) is 4.79 Å². The highest BCUT2D eigenvalue weighted by Gasteiger charge is 2.10. The minimum absolute atomic E-state index is 0.0108. The summed E-state index contributed by atoms with van der Waals surface area (Å²) in [5, 5.41) is 0.604. The summed E-state index contributed by atoms with van der Waals surface area (Å²) in [5.74, 6) is 0.0108. The number of pyridine rings is 1. The minimum Gasteiger partial charge on any atom is -0.294 e. The zero-order chi connectivity index (χ0) is 12.3. The van der Waals surface area contributed by atoms with E-state index in [4.69, 9.17) is 23.2 Å². The molecule has 2 nitrogen and oxygen atoms in total. The van der Waals surface area contributed by atoms with Crippen LogP contribution in [0.4, 0.5) is 0 Å². The standard InChI is InChI=1S/C13H9Cl2NO/c14-12-7-6-10(13(15)16-12)8-11(17)9-4-2-1-3-5-9/h1-7H,8H2. The molecule has 0 aliphatic rings. The van der Waals surface area contributed by atoms with Crippen molar-refractivity contribution in [1.82, 2.24) is 4.98 Å². The Balaban J connectivity index is 2.19. The molecule has 2 aromatic rings. The minimum atomic E-state index is 0.0108. The summed E-state index contributed by atoms with van der Waals surface area (Å²) in [6.07, 6.45) is 0.229. The number of benzene rings is 1. The zero-order valence-corrected chi connectivity index (χ0v) is 10.4. The van der Waals surface area contributed by atoms with E-state index < -0.39 is 0 Å². The average Bonchev–Trinajstić information content (AvgIpc) is 2.34. The van der Waals surface area contributed by atoms with Gasteiger partial charge in [-0.15, -0.1) is 0 Å². The Hall–Kier alpha value is -1.38. The highest BCUT2D eigenvalue weighted by atomic mass is 35.5. The second-order valence-electron chi connectivity index (χ2n) is 3.55. The Morgan fingerprint density at radius 1 is 1.06 bits per heavy atom. The molecule has 0 atom stereocenters. The third-order valence-electron chi connectivity index (χ3n) is 2.34. The van der Waals surface area contributed by atoms with Gasteiger partial charge in [0.1, 0.15) is 10.3 Å². The highest BCUT2D eigenvalue weighted by molar-refractivity contribution is 6.33. The van der Waals surface area contributed by atoms with Crippen LogP contribution in [0.2, 0.25) is 10.3 Å². The van der Waals surface area contributed by atoms with Crippen LogP contribution in [-0.4, -0.2) is 10.8 Å². The molecule has 86 valence electrons. The molecule has 0 radical (unpaired) electrons. The largest absolute Gasteiger partial charge is 0.294 e. The number of halogens is 2. The lowest BCUT2D eigenvalue weighted by atomic mass is 10.0. The van der Waals surface area contributed by atoms with E-state index in [2.05, 4.69) is 4.98 Å². The maximum atomic E-state index is 11.9. The van der Waals surface area contributed by atoms with E-state index in [0.717, 1.165) is 0 Å². The van der Waals surface area contributed by atoms with Crippen LogP contribution in [0.1, 0.15) is 15.9 Å². The number of ketones is 1. The number of carbonyl (C=O) groups excluding carboxylic acids is 1. The molecule has 1 aromatic carbocycles. The van der Waals surface area contributed by atoms with Crippen molar-refractivity contribution < 1.29 is 4.79 Å². The monoisotopic (exact) mass is 265 g/mol. The lowest BCUT2D eigenvalue weighted by Gasteiger charge is -2.03. The molecular formula is C13H9Cl2NO. The average molecular weight is 266 g/mol. The van der Waals surface area contributed by atoms with Crippen LogP contribution in [0.5, 0.6) is 0 Å². The molecule has 0 aliphatic carbocycles. The maximum absolute atomic E-state index is 11.9. The van der Waals surface area contributed by atoms with Gasteiger partial charge in [0, 0.05) is 12.0 Å². The molecule has 2 rings (SSSR count). The Bertz CT molecular complexity index is 540. The summed E-state index contributed by atoms with van der Waals surface area (Å²) in [6.45, 7) is 0. The molecule has 0 amide bonds. The summed E-state index contributed by atoms with van der Waals surface area (Å²) < 4.78 is 0. The van der Waals surface area contributed by atoms with Crippen LogP contribution >= 0.6 is 23.2 Å². The van der Waals surface area contributed by atoms with Crippen LogP contribution in [0.15, 0.2) is 42.5 Å². The van der Waals surface area contributed by atoms with Gasteiger partial charge >= 0.3 is 0 Å². The summed E-state index contributed by atoms with van der Waals surface area (Å²) >= 11 is 11.6. The molecule has 0 unspecified atom stereocenters. The van der Waals surface area contributed by atoms with E-state index in [1.165, 1.54) is 0 Å². The Kier molecular flexibility index (Phi) is 3.77. The second-order valence-corrected chi connectivity index (χ2v) is 4.30. The fraction of sp³-hybridized carbons (Fsp3) is 0.0769. The van der Waals surface area contributed by atoms with Gasteiger partial charge in [0.05, 0.1) is 0 Å². The number of aromatic nitrogens is 1. The molecule has 1 aromatic heterocycles. The summed E-state index contributed by atoms with van der Waals surface area (Å²) in [7, 11) is 0. The second kappa shape index (κ2) is 5.30. The van der Waals surface area contributed by atoms with Crippen molar-refractivity contribution >= 4 is 29.0 Å². The summed E-state index contributed by atoms with van der Waals surface area (Å²) in [5.41, 5.74) is 1.35. The normalized spacial score (nSPS) is 10.2. The van der Waals surface area contributed by atoms with Crippen molar-refractivity contribution in [2.75, 3.05) is 0 Å². The molecule has 0 spiro atoms. The first-order valence-electron chi connectivity index (χ1n) is 5.06. The predicted molar refractivity (Wildman–Crippen MR) is 68.7 cm³/mol. The van der Waals surface area contributed by atoms with Crippen LogP contribution in [-0.2, 0) is 6.42 Å². The number of nitrogens with zero attached hydrogens (tertiary/aromatic N) is 1. The maximum Gasteiger partial charge on any atom is 0.167 e. The van der Waals surface area contributed by atoms with Crippen molar-refractivity contribution in [2.45, 2.75) is 6.42 Å². The van der Waals surface area contributed by atoms with E-state index >= 15 is 0 Å². The fourth-order valence-corrected chi connectivity index (χ4v) is 1.88. The van der Waals surface area contributed by atoms with Crippen molar-refractivity contribution in [3.63, 3.8) is 0 Å². The van der Waals surface area contributed by atoms with Gasteiger partial charge in [-0.2, -0.15) is 0 Å². The first-order valence-corrected chi connectivity index (χ1v) is 5.81. The van der Waals surface area contributed by atoms with Crippen LogP contribution in [0, 0.1) is 0 Å². The van der Waals surface area contributed by atoms with E-state index in [1.54, 1.807) is 24.3 Å². The molecule has 0 saturated carbocycles. The van der Waals surface area contributed by atoms with Crippen LogP contribution < -0.4 is 0 Å². The van der Waals surface area contributed by atoms with Crippen molar-refractivity contribution in [3.8, 4) is 0 Å². The van der Waals surface area contributed by atoms with Crippen molar-refractivity contribution in [3.05, 3.63) is 63.9 Å². The van der Waals surface area contributed by atoms with Gasteiger partial charge in [0.25, 0.3) is 0 Å². The predicted octanol–water partition coefficient (Wildman–Crippen LogP) is 3.81. The zero-order valence-electron chi connectivity index (χ0n) is 8.86. The molecule has 0 aliphatic heterocycles. The van der Waals surface area contributed by atoms with E-state index in [-0.39, 0.29) is 17.4 Å².